The van der Waals surface area contributed by atoms with Crippen LogP contribution in [0.1, 0.15) is 10.5 Å². The highest BCUT2D eigenvalue weighted by Crippen LogP contribution is 2.17. The number of methoxy groups -OCH3 is 1. The van der Waals surface area contributed by atoms with E-state index in [1.807, 2.05) is 4.90 Å². The van der Waals surface area contributed by atoms with Gasteiger partial charge < -0.3 is 14.4 Å². The molecule has 0 aromatic carbocycles. The van der Waals surface area contributed by atoms with Crippen LogP contribution >= 0.6 is 0 Å². The average molecular weight is 329 g/mol. The average Bonchev–Trinajstić information content (AvgIpc) is 2.67. The molecule has 2 aromatic heterocycles. The van der Waals surface area contributed by atoms with E-state index in [9.17, 15) is 4.79 Å². The van der Waals surface area contributed by atoms with Crippen molar-refractivity contribution in [3.05, 3.63) is 36.3 Å². The summed E-state index contributed by atoms with van der Waals surface area (Å²) < 4.78 is 10.4. The van der Waals surface area contributed by atoms with Crippen molar-refractivity contribution in [1.82, 2.24) is 15.0 Å². The number of pyridine rings is 1. The highest BCUT2D eigenvalue weighted by molar-refractivity contribution is 6.03. The maximum absolute atomic E-state index is 12.7. The minimum Gasteiger partial charge on any atom is -0.495 e. The predicted octanol–water partition coefficient (Wildman–Crippen LogP) is 0.993. The molecule has 0 aliphatic carbocycles. The number of hydrogen-bond acceptors (Lipinski definition) is 7. The summed E-state index contributed by atoms with van der Waals surface area (Å²) in [5.74, 6) is 1.45. The zero-order valence-corrected chi connectivity index (χ0v) is 13.7. The molecule has 1 amide bonds. The lowest BCUT2D eigenvalue weighted by molar-refractivity contribution is 0.0987. The molecule has 0 unspecified atom stereocenters. The Morgan fingerprint density at radius 1 is 1.25 bits per heavy atom. The number of anilines is 2. The lowest BCUT2D eigenvalue weighted by atomic mass is 10.3. The molecule has 1 aliphatic heterocycles. The van der Waals surface area contributed by atoms with E-state index in [0.29, 0.717) is 49.5 Å². The lowest BCUT2D eigenvalue weighted by Gasteiger charge is -2.27. The van der Waals surface area contributed by atoms with Crippen molar-refractivity contribution in [3.63, 3.8) is 0 Å². The van der Waals surface area contributed by atoms with Crippen molar-refractivity contribution in [3.8, 4) is 5.75 Å². The number of aromatic nitrogens is 3. The van der Waals surface area contributed by atoms with Crippen LogP contribution in [-0.2, 0) is 4.74 Å². The van der Waals surface area contributed by atoms with Crippen LogP contribution in [0, 0.1) is 0 Å². The minimum atomic E-state index is -0.246. The second kappa shape index (κ2) is 7.22. The normalized spacial score (nSPS) is 14.3. The van der Waals surface area contributed by atoms with Gasteiger partial charge in [-0.2, -0.15) is 0 Å². The Labute approximate surface area is 140 Å². The fourth-order valence-electron chi connectivity index (χ4n) is 2.35. The Balaban J connectivity index is 1.78. The molecule has 0 N–H and O–H groups in total. The van der Waals surface area contributed by atoms with E-state index in [-0.39, 0.29) is 5.91 Å². The Bertz CT molecular complexity index is 701. The molecular formula is C16H19N5O3. The SMILES string of the molecule is COc1ccc(N(C)C(=O)c2ccnc(N3CCOCC3)n2)nc1. The Morgan fingerprint density at radius 3 is 2.71 bits per heavy atom. The monoisotopic (exact) mass is 329 g/mol. The molecule has 1 saturated heterocycles. The standard InChI is InChI=1S/C16H19N5O3/c1-20(14-4-3-12(23-2)11-18-14)15(22)13-5-6-17-16(19-13)21-7-9-24-10-8-21/h3-6,11H,7-10H2,1-2H3. The van der Waals surface area contributed by atoms with Gasteiger partial charge in [-0.05, 0) is 18.2 Å². The topological polar surface area (TPSA) is 80.7 Å². The summed E-state index contributed by atoms with van der Waals surface area (Å²) in [5.41, 5.74) is 0.326. The molecule has 0 bridgehead atoms. The van der Waals surface area contributed by atoms with E-state index >= 15 is 0 Å². The molecule has 8 nitrogen and oxygen atoms in total. The molecule has 126 valence electrons. The maximum atomic E-state index is 12.7. The zero-order chi connectivity index (χ0) is 16.9. The molecule has 24 heavy (non-hydrogen) atoms. The van der Waals surface area contributed by atoms with Crippen molar-refractivity contribution in [2.24, 2.45) is 0 Å². The summed E-state index contributed by atoms with van der Waals surface area (Å²) >= 11 is 0. The van der Waals surface area contributed by atoms with Crippen LogP contribution in [0.2, 0.25) is 0 Å². The van der Waals surface area contributed by atoms with Crippen molar-refractivity contribution >= 4 is 17.7 Å². The van der Waals surface area contributed by atoms with Gasteiger partial charge in [0, 0.05) is 26.3 Å². The quantitative estimate of drug-likeness (QED) is 0.827. The van der Waals surface area contributed by atoms with E-state index in [0.717, 1.165) is 0 Å². The van der Waals surface area contributed by atoms with Crippen LogP contribution in [0.25, 0.3) is 0 Å². The molecule has 0 radical (unpaired) electrons. The van der Waals surface area contributed by atoms with E-state index in [2.05, 4.69) is 15.0 Å². The first-order chi connectivity index (χ1) is 11.7. The first-order valence-electron chi connectivity index (χ1n) is 7.63. The van der Waals surface area contributed by atoms with Gasteiger partial charge in [-0.15, -0.1) is 0 Å². The van der Waals surface area contributed by atoms with Crippen LogP contribution in [0.3, 0.4) is 0 Å². The second-order valence-corrected chi connectivity index (χ2v) is 5.26. The summed E-state index contributed by atoms with van der Waals surface area (Å²) in [6.07, 6.45) is 3.17. The van der Waals surface area contributed by atoms with Gasteiger partial charge in [0.25, 0.3) is 5.91 Å². The number of hydrogen-bond donors (Lipinski definition) is 0. The van der Waals surface area contributed by atoms with E-state index < -0.39 is 0 Å². The van der Waals surface area contributed by atoms with Crippen LogP contribution in [0.5, 0.6) is 5.75 Å². The molecule has 1 aliphatic rings. The number of rotatable bonds is 4. The molecule has 3 heterocycles. The third-order valence-corrected chi connectivity index (χ3v) is 3.76. The molecule has 0 saturated carbocycles. The molecular weight excluding hydrogens is 310 g/mol. The van der Waals surface area contributed by atoms with E-state index in [1.165, 1.54) is 4.90 Å². The Morgan fingerprint density at radius 2 is 2.04 bits per heavy atom. The fourth-order valence-corrected chi connectivity index (χ4v) is 2.35. The molecule has 8 heteroatoms. The Hall–Kier alpha value is -2.74. The Kier molecular flexibility index (Phi) is 4.85. The van der Waals surface area contributed by atoms with Crippen molar-refractivity contribution in [1.29, 1.82) is 0 Å². The number of amides is 1. The second-order valence-electron chi connectivity index (χ2n) is 5.26. The van der Waals surface area contributed by atoms with Crippen molar-refractivity contribution in [2.45, 2.75) is 0 Å². The maximum Gasteiger partial charge on any atom is 0.277 e. The van der Waals surface area contributed by atoms with E-state index in [1.54, 1.807) is 44.8 Å². The van der Waals surface area contributed by atoms with Gasteiger partial charge in [-0.1, -0.05) is 0 Å². The first kappa shape index (κ1) is 16.1. The summed E-state index contributed by atoms with van der Waals surface area (Å²) in [4.78, 5) is 29.0. The highest BCUT2D eigenvalue weighted by atomic mass is 16.5. The van der Waals surface area contributed by atoms with Gasteiger partial charge >= 0.3 is 0 Å². The molecule has 0 spiro atoms. The summed E-state index contributed by atoms with van der Waals surface area (Å²) in [5, 5.41) is 0. The van der Waals surface area contributed by atoms with Crippen LogP contribution in [-0.4, -0.2) is 61.3 Å². The molecule has 3 rings (SSSR count). The molecule has 0 atom stereocenters. The van der Waals surface area contributed by atoms with Gasteiger partial charge in [-0.3, -0.25) is 9.69 Å². The molecule has 1 fully saturated rings. The summed E-state index contributed by atoms with van der Waals surface area (Å²) in [6.45, 7) is 2.70. The highest BCUT2D eigenvalue weighted by Gasteiger charge is 2.19. The first-order valence-corrected chi connectivity index (χ1v) is 7.63. The summed E-state index contributed by atoms with van der Waals surface area (Å²) in [7, 11) is 3.23. The van der Waals surface area contributed by atoms with Crippen LogP contribution in [0.4, 0.5) is 11.8 Å². The van der Waals surface area contributed by atoms with Crippen LogP contribution in [0.15, 0.2) is 30.6 Å². The number of morpholine rings is 1. The smallest absolute Gasteiger partial charge is 0.277 e. The number of carbonyl (C=O) groups excluding carboxylic acids is 1. The van der Waals surface area contributed by atoms with Crippen molar-refractivity contribution < 1.29 is 14.3 Å². The third kappa shape index (κ3) is 3.43. The lowest BCUT2D eigenvalue weighted by Crippen LogP contribution is -2.38. The van der Waals surface area contributed by atoms with Gasteiger partial charge in [0.15, 0.2) is 0 Å². The number of nitrogens with zero attached hydrogens (tertiary/aromatic N) is 5. The van der Waals surface area contributed by atoms with Gasteiger partial charge in [0.1, 0.15) is 17.3 Å². The zero-order valence-electron chi connectivity index (χ0n) is 13.7. The third-order valence-electron chi connectivity index (χ3n) is 3.76. The largest absolute Gasteiger partial charge is 0.495 e. The van der Waals surface area contributed by atoms with Gasteiger partial charge in [0.2, 0.25) is 5.95 Å². The minimum absolute atomic E-state index is 0.246. The van der Waals surface area contributed by atoms with Gasteiger partial charge in [-0.25, -0.2) is 15.0 Å². The number of carbonyl (C=O) groups is 1. The fraction of sp³-hybridized carbons (Fsp3) is 0.375. The van der Waals surface area contributed by atoms with Crippen molar-refractivity contribution in [2.75, 3.05) is 50.3 Å². The molecule has 2 aromatic rings. The van der Waals surface area contributed by atoms with Crippen LogP contribution < -0.4 is 14.5 Å². The number of ether oxygens (including phenoxy) is 2. The van der Waals surface area contributed by atoms with Gasteiger partial charge in [0.05, 0.1) is 26.5 Å². The van der Waals surface area contributed by atoms with E-state index in [4.69, 9.17) is 9.47 Å². The summed E-state index contributed by atoms with van der Waals surface area (Å²) in [6, 6.07) is 5.08. The predicted molar refractivity (Wildman–Crippen MR) is 88.6 cm³/mol.